The van der Waals surface area contributed by atoms with E-state index in [1.165, 1.54) is 0 Å². The Kier molecular flexibility index (Phi) is 3.89. The molecule has 1 saturated heterocycles. The molecule has 0 radical (unpaired) electrons. The molecule has 0 bridgehead atoms. The minimum atomic E-state index is -4.60. The van der Waals surface area contributed by atoms with Gasteiger partial charge in [0.2, 0.25) is 0 Å². The molecule has 2 heterocycles. The number of epoxide rings is 1. The summed E-state index contributed by atoms with van der Waals surface area (Å²) in [6.07, 6.45) is -4.67. The van der Waals surface area contributed by atoms with Crippen LogP contribution in [0.5, 0.6) is 0 Å². The first-order chi connectivity index (χ1) is 13.3. The van der Waals surface area contributed by atoms with E-state index in [1.807, 2.05) is 30.3 Å². The largest absolute Gasteiger partial charge is 0.433 e. The van der Waals surface area contributed by atoms with Gasteiger partial charge in [-0.05, 0) is 36.2 Å². The predicted molar refractivity (Wildman–Crippen MR) is 102 cm³/mol. The van der Waals surface area contributed by atoms with Gasteiger partial charge in [-0.25, -0.2) is 4.98 Å². The van der Waals surface area contributed by atoms with Crippen LogP contribution in [0.15, 0.2) is 46.9 Å². The van der Waals surface area contributed by atoms with Crippen molar-refractivity contribution in [3.8, 4) is 11.1 Å². The fraction of sp³-hybridized carbons (Fsp3) is 0.286. The number of pyridine rings is 1. The van der Waals surface area contributed by atoms with E-state index >= 15 is 0 Å². The summed E-state index contributed by atoms with van der Waals surface area (Å²) in [7, 11) is 0. The third kappa shape index (κ3) is 2.68. The van der Waals surface area contributed by atoms with Crippen molar-refractivity contribution in [1.29, 1.82) is 0 Å². The van der Waals surface area contributed by atoms with E-state index in [4.69, 9.17) is 9.47 Å². The summed E-state index contributed by atoms with van der Waals surface area (Å²) < 4.78 is 54.3. The molecule has 28 heavy (non-hydrogen) atoms. The highest BCUT2D eigenvalue weighted by Gasteiger charge is 2.50. The van der Waals surface area contributed by atoms with Crippen LogP contribution < -0.4 is 0 Å². The monoisotopic (exact) mass is 449 g/mol. The molecule has 5 rings (SSSR count). The average molecular weight is 450 g/mol. The van der Waals surface area contributed by atoms with Gasteiger partial charge in [0.1, 0.15) is 11.7 Å². The van der Waals surface area contributed by atoms with Crippen LogP contribution in [0.2, 0.25) is 0 Å². The van der Waals surface area contributed by atoms with Gasteiger partial charge >= 0.3 is 6.18 Å². The van der Waals surface area contributed by atoms with Gasteiger partial charge < -0.3 is 9.47 Å². The second-order valence-electron chi connectivity index (χ2n) is 7.21. The standard InChI is InChI=1S/C21H15BrF3NO2/c1-20(28-10-12-9-27-12)15-5-3-2-4-13(15)17-14-8-11(22)6-7-16(14)26-19(18(17)20)21(23,24)25/h2-8,12H,9-10H2,1H3. The Labute approximate surface area is 167 Å². The highest BCUT2D eigenvalue weighted by atomic mass is 79.9. The molecular weight excluding hydrogens is 435 g/mol. The molecule has 2 aliphatic rings. The van der Waals surface area contributed by atoms with Crippen LogP contribution in [0.4, 0.5) is 13.2 Å². The van der Waals surface area contributed by atoms with Gasteiger partial charge in [0.15, 0.2) is 5.69 Å². The van der Waals surface area contributed by atoms with Crippen molar-refractivity contribution in [2.24, 2.45) is 0 Å². The van der Waals surface area contributed by atoms with Crippen LogP contribution in [-0.4, -0.2) is 24.3 Å². The van der Waals surface area contributed by atoms with E-state index in [0.717, 1.165) is 10.0 Å². The molecular formula is C21H15BrF3NO2. The van der Waals surface area contributed by atoms with Crippen molar-refractivity contribution in [1.82, 2.24) is 4.98 Å². The molecule has 1 fully saturated rings. The van der Waals surface area contributed by atoms with Gasteiger partial charge in [-0.1, -0.05) is 40.2 Å². The van der Waals surface area contributed by atoms with Crippen molar-refractivity contribution in [3.05, 3.63) is 63.8 Å². The van der Waals surface area contributed by atoms with Gasteiger partial charge in [-0.2, -0.15) is 13.2 Å². The quantitative estimate of drug-likeness (QED) is 0.482. The number of rotatable bonds is 3. The Morgan fingerprint density at radius 2 is 2.00 bits per heavy atom. The number of ether oxygens (including phenoxy) is 2. The Hall–Kier alpha value is -1.96. The minimum Gasteiger partial charge on any atom is -0.371 e. The summed E-state index contributed by atoms with van der Waals surface area (Å²) in [5, 5.41) is 0.667. The Morgan fingerprint density at radius 3 is 2.71 bits per heavy atom. The topological polar surface area (TPSA) is 34.6 Å². The van der Waals surface area contributed by atoms with Gasteiger partial charge in [-0.15, -0.1) is 0 Å². The lowest BCUT2D eigenvalue weighted by molar-refractivity contribution is -0.144. The second-order valence-corrected chi connectivity index (χ2v) is 8.13. The first-order valence-electron chi connectivity index (χ1n) is 8.85. The first kappa shape index (κ1) is 18.1. The zero-order valence-electron chi connectivity index (χ0n) is 14.8. The zero-order valence-corrected chi connectivity index (χ0v) is 16.4. The molecule has 2 atom stereocenters. The Morgan fingerprint density at radius 1 is 1.25 bits per heavy atom. The van der Waals surface area contributed by atoms with Crippen LogP contribution >= 0.6 is 15.9 Å². The molecule has 144 valence electrons. The molecule has 2 unspecified atom stereocenters. The number of alkyl halides is 3. The van der Waals surface area contributed by atoms with Crippen LogP contribution in [0, 0.1) is 0 Å². The minimum absolute atomic E-state index is 0.0649. The molecule has 0 amide bonds. The molecule has 3 aromatic rings. The fourth-order valence-electron chi connectivity index (χ4n) is 4.01. The maximum Gasteiger partial charge on any atom is 0.433 e. The van der Waals surface area contributed by atoms with Gasteiger partial charge in [-0.3, -0.25) is 0 Å². The summed E-state index contributed by atoms with van der Waals surface area (Å²) in [6.45, 7) is 2.50. The number of halogens is 4. The average Bonchev–Trinajstić information content (AvgIpc) is 3.44. The van der Waals surface area contributed by atoms with Crippen LogP contribution in [0.25, 0.3) is 22.0 Å². The fourth-order valence-corrected chi connectivity index (χ4v) is 4.37. The van der Waals surface area contributed by atoms with Gasteiger partial charge in [0.05, 0.1) is 18.7 Å². The molecule has 1 aromatic heterocycles. The normalized spacial score (nSPS) is 23.0. The number of aromatic nitrogens is 1. The third-order valence-corrected chi connectivity index (χ3v) is 5.86. The molecule has 7 heteroatoms. The molecule has 1 aliphatic carbocycles. The number of fused-ring (bicyclic) bond motifs is 5. The number of hydrogen-bond acceptors (Lipinski definition) is 3. The first-order valence-corrected chi connectivity index (χ1v) is 9.65. The van der Waals surface area contributed by atoms with E-state index in [1.54, 1.807) is 19.1 Å². The van der Waals surface area contributed by atoms with Gasteiger partial charge in [0, 0.05) is 21.0 Å². The lowest BCUT2D eigenvalue weighted by Gasteiger charge is -2.29. The summed E-state index contributed by atoms with van der Waals surface area (Å²) in [4.78, 5) is 4.02. The summed E-state index contributed by atoms with van der Waals surface area (Å²) in [6, 6.07) is 12.4. The van der Waals surface area contributed by atoms with Crippen molar-refractivity contribution >= 4 is 26.8 Å². The van der Waals surface area contributed by atoms with E-state index < -0.39 is 17.5 Å². The maximum atomic E-state index is 14.1. The molecule has 0 spiro atoms. The predicted octanol–water partition coefficient (Wildman–Crippen LogP) is 5.68. The van der Waals surface area contributed by atoms with Crippen molar-refractivity contribution in [2.75, 3.05) is 13.2 Å². The van der Waals surface area contributed by atoms with E-state index in [-0.39, 0.29) is 18.3 Å². The Balaban J connectivity index is 1.88. The van der Waals surface area contributed by atoms with E-state index in [2.05, 4.69) is 20.9 Å². The Bertz CT molecular complexity index is 1110. The van der Waals surface area contributed by atoms with Gasteiger partial charge in [0.25, 0.3) is 0 Å². The lowest BCUT2D eigenvalue weighted by atomic mass is 9.91. The van der Waals surface area contributed by atoms with Crippen LogP contribution in [0.3, 0.4) is 0 Å². The zero-order chi connectivity index (χ0) is 19.7. The highest BCUT2D eigenvalue weighted by Crippen LogP contribution is 2.55. The van der Waals surface area contributed by atoms with E-state index in [0.29, 0.717) is 28.6 Å². The smallest absolute Gasteiger partial charge is 0.371 e. The SMILES string of the molecule is CC1(OCC2CO2)c2ccccc2-c2c1c(C(F)(F)F)nc1ccc(Br)cc21. The second kappa shape index (κ2) is 6.02. The van der Waals surface area contributed by atoms with Crippen LogP contribution in [-0.2, 0) is 21.3 Å². The van der Waals surface area contributed by atoms with Crippen molar-refractivity contribution < 1.29 is 22.6 Å². The van der Waals surface area contributed by atoms with Crippen LogP contribution in [0.1, 0.15) is 23.7 Å². The molecule has 0 saturated carbocycles. The lowest BCUT2D eigenvalue weighted by Crippen LogP contribution is -2.30. The van der Waals surface area contributed by atoms with E-state index in [9.17, 15) is 13.2 Å². The highest BCUT2D eigenvalue weighted by molar-refractivity contribution is 9.10. The van der Waals surface area contributed by atoms with Crippen molar-refractivity contribution in [3.63, 3.8) is 0 Å². The molecule has 0 N–H and O–H groups in total. The number of nitrogens with zero attached hydrogens (tertiary/aromatic N) is 1. The number of benzene rings is 2. The summed E-state index contributed by atoms with van der Waals surface area (Å²) in [5.74, 6) is 0. The molecule has 2 aromatic carbocycles. The maximum absolute atomic E-state index is 14.1. The summed E-state index contributed by atoms with van der Waals surface area (Å²) >= 11 is 3.43. The molecule has 1 aliphatic heterocycles. The summed E-state index contributed by atoms with van der Waals surface area (Å²) in [5.41, 5.74) is 0.220. The van der Waals surface area contributed by atoms with Crippen molar-refractivity contribution in [2.45, 2.75) is 24.8 Å². The third-order valence-electron chi connectivity index (χ3n) is 5.36. The molecule has 3 nitrogen and oxygen atoms in total. The number of hydrogen-bond donors (Lipinski definition) is 0.